The predicted molar refractivity (Wildman–Crippen MR) is 66.6 cm³/mol. The topological polar surface area (TPSA) is 69.7 Å². The summed E-state index contributed by atoms with van der Waals surface area (Å²) in [6.45, 7) is 1.94. The standard InChI is InChI=1S/C11H12ClFO5S/c1-3-4-18-11(14)7-5-8(13)10(17-2)9(6-7)19(12,15)16/h5-6H,3-4H2,1-2H3. The molecule has 0 aliphatic heterocycles. The fourth-order valence-corrected chi connectivity index (χ4v) is 2.36. The van der Waals surface area contributed by atoms with Gasteiger partial charge < -0.3 is 9.47 Å². The Kier molecular flexibility index (Phi) is 5.13. The van der Waals surface area contributed by atoms with Gasteiger partial charge in [0.1, 0.15) is 4.90 Å². The van der Waals surface area contributed by atoms with Crippen LogP contribution in [0.5, 0.6) is 5.75 Å². The molecular formula is C11H12ClFO5S. The van der Waals surface area contributed by atoms with Crippen LogP contribution in [0.3, 0.4) is 0 Å². The summed E-state index contributed by atoms with van der Waals surface area (Å²) in [5.74, 6) is -2.38. The molecule has 0 saturated heterocycles. The third-order valence-corrected chi connectivity index (χ3v) is 3.48. The second-order valence-electron chi connectivity index (χ2n) is 3.56. The van der Waals surface area contributed by atoms with Gasteiger partial charge in [-0.05, 0) is 18.6 Å². The zero-order valence-electron chi connectivity index (χ0n) is 10.3. The lowest BCUT2D eigenvalue weighted by Crippen LogP contribution is -2.09. The monoisotopic (exact) mass is 310 g/mol. The zero-order chi connectivity index (χ0) is 14.6. The van der Waals surface area contributed by atoms with Gasteiger partial charge in [0.25, 0.3) is 9.05 Å². The van der Waals surface area contributed by atoms with Gasteiger partial charge in [-0.15, -0.1) is 0 Å². The normalized spacial score (nSPS) is 11.2. The van der Waals surface area contributed by atoms with E-state index in [0.717, 1.165) is 19.2 Å². The second-order valence-corrected chi connectivity index (χ2v) is 6.10. The Morgan fingerprint density at radius 3 is 2.53 bits per heavy atom. The lowest BCUT2D eigenvalue weighted by atomic mass is 10.2. The molecule has 19 heavy (non-hydrogen) atoms. The number of rotatable bonds is 5. The quantitative estimate of drug-likeness (QED) is 0.616. The number of hydrogen-bond acceptors (Lipinski definition) is 5. The minimum Gasteiger partial charge on any atom is -0.492 e. The first-order valence-corrected chi connectivity index (χ1v) is 7.61. The predicted octanol–water partition coefficient (Wildman–Crippen LogP) is 2.33. The van der Waals surface area contributed by atoms with Crippen LogP contribution in [0.25, 0.3) is 0 Å². The smallest absolute Gasteiger partial charge is 0.338 e. The van der Waals surface area contributed by atoms with Crippen LogP contribution < -0.4 is 4.74 Å². The number of methoxy groups -OCH3 is 1. The van der Waals surface area contributed by atoms with Crippen molar-refractivity contribution in [3.05, 3.63) is 23.5 Å². The first-order chi connectivity index (χ1) is 8.81. The van der Waals surface area contributed by atoms with Gasteiger partial charge in [0.05, 0.1) is 19.3 Å². The number of carbonyl (C=O) groups excluding carboxylic acids is 1. The molecule has 0 unspecified atom stereocenters. The molecule has 0 heterocycles. The maximum atomic E-state index is 13.7. The Bertz CT molecular complexity index is 585. The number of carbonyl (C=O) groups is 1. The molecule has 1 aromatic carbocycles. The van der Waals surface area contributed by atoms with Crippen LogP contribution in [0, 0.1) is 5.82 Å². The van der Waals surface area contributed by atoms with E-state index < -0.39 is 31.5 Å². The summed E-state index contributed by atoms with van der Waals surface area (Å²) in [7, 11) is 2.02. The number of halogens is 2. The van der Waals surface area contributed by atoms with Crippen molar-refractivity contribution < 1.29 is 27.1 Å². The highest BCUT2D eigenvalue weighted by Crippen LogP contribution is 2.31. The molecule has 0 aliphatic rings. The van der Waals surface area contributed by atoms with Crippen LogP contribution in [0.1, 0.15) is 23.7 Å². The number of ether oxygens (including phenoxy) is 2. The van der Waals surface area contributed by atoms with E-state index in [1.165, 1.54) is 0 Å². The van der Waals surface area contributed by atoms with E-state index in [1.807, 2.05) is 0 Å². The van der Waals surface area contributed by atoms with Gasteiger partial charge in [-0.1, -0.05) is 6.92 Å². The van der Waals surface area contributed by atoms with E-state index in [1.54, 1.807) is 6.92 Å². The molecule has 0 fully saturated rings. The van der Waals surface area contributed by atoms with Crippen molar-refractivity contribution in [2.24, 2.45) is 0 Å². The van der Waals surface area contributed by atoms with Crippen molar-refractivity contribution in [1.29, 1.82) is 0 Å². The molecule has 5 nitrogen and oxygen atoms in total. The van der Waals surface area contributed by atoms with Crippen LogP contribution in [-0.4, -0.2) is 28.1 Å². The lowest BCUT2D eigenvalue weighted by Gasteiger charge is -2.09. The van der Waals surface area contributed by atoms with Gasteiger partial charge in [0, 0.05) is 10.7 Å². The average molecular weight is 311 g/mol. The molecular weight excluding hydrogens is 299 g/mol. The van der Waals surface area contributed by atoms with Crippen LogP contribution in [-0.2, 0) is 13.8 Å². The highest BCUT2D eigenvalue weighted by Gasteiger charge is 2.24. The molecule has 0 amide bonds. The molecule has 0 bridgehead atoms. The third kappa shape index (κ3) is 3.81. The van der Waals surface area contributed by atoms with E-state index in [9.17, 15) is 17.6 Å². The lowest BCUT2D eigenvalue weighted by molar-refractivity contribution is 0.0504. The molecule has 0 spiro atoms. The molecule has 0 radical (unpaired) electrons. The molecule has 0 saturated carbocycles. The van der Waals surface area contributed by atoms with Gasteiger partial charge in [0.15, 0.2) is 11.6 Å². The largest absolute Gasteiger partial charge is 0.492 e. The Morgan fingerprint density at radius 2 is 2.05 bits per heavy atom. The molecule has 106 valence electrons. The first kappa shape index (κ1) is 15.7. The van der Waals surface area contributed by atoms with Crippen LogP contribution in [0.15, 0.2) is 17.0 Å². The summed E-state index contributed by atoms with van der Waals surface area (Å²) >= 11 is 0. The highest BCUT2D eigenvalue weighted by molar-refractivity contribution is 8.13. The summed E-state index contributed by atoms with van der Waals surface area (Å²) < 4.78 is 45.7. The average Bonchev–Trinajstić information content (AvgIpc) is 2.33. The summed E-state index contributed by atoms with van der Waals surface area (Å²) in [6.07, 6.45) is 0.588. The Hall–Kier alpha value is -1.34. The molecule has 0 N–H and O–H groups in total. The summed E-state index contributed by atoms with van der Waals surface area (Å²) in [5.41, 5.74) is -0.244. The highest BCUT2D eigenvalue weighted by atomic mass is 35.7. The van der Waals surface area contributed by atoms with Crippen molar-refractivity contribution in [3.63, 3.8) is 0 Å². The van der Waals surface area contributed by atoms with E-state index in [4.69, 9.17) is 15.4 Å². The number of benzene rings is 1. The SMILES string of the molecule is CCCOC(=O)c1cc(F)c(OC)c(S(=O)(=O)Cl)c1. The van der Waals surface area contributed by atoms with Gasteiger partial charge in [0.2, 0.25) is 0 Å². The van der Waals surface area contributed by atoms with Crippen molar-refractivity contribution >= 4 is 25.7 Å². The van der Waals surface area contributed by atoms with Crippen molar-refractivity contribution in [3.8, 4) is 5.75 Å². The maximum absolute atomic E-state index is 13.7. The molecule has 1 rings (SSSR count). The van der Waals surface area contributed by atoms with Gasteiger partial charge >= 0.3 is 5.97 Å². The Morgan fingerprint density at radius 1 is 1.42 bits per heavy atom. The summed E-state index contributed by atoms with van der Waals surface area (Å²) in [5, 5.41) is 0. The Balaban J connectivity index is 3.32. The third-order valence-electron chi connectivity index (χ3n) is 2.15. The van der Waals surface area contributed by atoms with E-state index in [-0.39, 0.29) is 12.2 Å². The van der Waals surface area contributed by atoms with Gasteiger partial charge in [-0.3, -0.25) is 0 Å². The first-order valence-electron chi connectivity index (χ1n) is 5.30. The zero-order valence-corrected chi connectivity index (χ0v) is 11.8. The summed E-state index contributed by atoms with van der Waals surface area (Å²) in [4.78, 5) is 11.0. The molecule has 0 aliphatic carbocycles. The minimum absolute atomic E-state index is 0.148. The van der Waals surface area contributed by atoms with E-state index >= 15 is 0 Å². The van der Waals surface area contributed by atoms with Crippen LogP contribution in [0.2, 0.25) is 0 Å². The van der Waals surface area contributed by atoms with Gasteiger partial charge in [-0.2, -0.15) is 0 Å². The molecule has 1 aromatic rings. The number of hydrogen-bond donors (Lipinski definition) is 0. The summed E-state index contributed by atoms with van der Waals surface area (Å²) in [6, 6.07) is 1.75. The minimum atomic E-state index is -4.25. The van der Waals surface area contributed by atoms with Crippen LogP contribution >= 0.6 is 10.7 Å². The Labute approximate surface area is 114 Å². The van der Waals surface area contributed by atoms with Crippen LogP contribution in [0.4, 0.5) is 4.39 Å². The molecule has 0 atom stereocenters. The van der Waals surface area contributed by atoms with Crippen molar-refractivity contribution in [2.75, 3.05) is 13.7 Å². The van der Waals surface area contributed by atoms with E-state index in [0.29, 0.717) is 6.42 Å². The van der Waals surface area contributed by atoms with Gasteiger partial charge in [-0.25, -0.2) is 17.6 Å². The second kappa shape index (κ2) is 6.21. The van der Waals surface area contributed by atoms with Crippen molar-refractivity contribution in [2.45, 2.75) is 18.2 Å². The van der Waals surface area contributed by atoms with Crippen molar-refractivity contribution in [1.82, 2.24) is 0 Å². The molecule has 0 aromatic heterocycles. The molecule has 8 heteroatoms. The van der Waals surface area contributed by atoms with E-state index in [2.05, 4.69) is 4.74 Å². The number of esters is 1. The maximum Gasteiger partial charge on any atom is 0.338 e. The fraction of sp³-hybridized carbons (Fsp3) is 0.364. The fourth-order valence-electron chi connectivity index (χ4n) is 1.34.